The number of nitrogens with zero attached hydrogens (tertiary/aromatic N) is 2. The highest BCUT2D eigenvalue weighted by molar-refractivity contribution is 7.33. The first-order valence-electron chi connectivity index (χ1n) is 22.9. The predicted octanol–water partition coefficient (Wildman–Crippen LogP) is 14.9. The number of rotatable bonds is 3. The lowest BCUT2D eigenvalue weighted by Gasteiger charge is -2.47. The van der Waals surface area contributed by atoms with E-state index in [0.717, 1.165) is 0 Å². The van der Waals surface area contributed by atoms with Crippen LogP contribution in [0, 0.1) is 0 Å². The highest BCUT2D eigenvalue weighted by Crippen LogP contribution is 2.53. The number of thiophene rings is 1. The lowest BCUT2D eigenvalue weighted by atomic mass is 9.35. The van der Waals surface area contributed by atoms with Gasteiger partial charge in [-0.15, -0.1) is 11.3 Å². The second-order valence-corrected chi connectivity index (χ2v) is 24.0. The summed E-state index contributed by atoms with van der Waals surface area (Å²) >= 11 is 2.00. The van der Waals surface area contributed by atoms with E-state index in [0.29, 0.717) is 0 Å². The molecule has 0 spiro atoms. The zero-order valence-corrected chi connectivity index (χ0v) is 40.2. The number of fused-ring (bicyclic) bond motifs is 7. The van der Waals surface area contributed by atoms with Crippen molar-refractivity contribution < 1.29 is 0 Å². The van der Waals surface area contributed by atoms with Crippen LogP contribution >= 0.6 is 11.3 Å². The van der Waals surface area contributed by atoms with Crippen molar-refractivity contribution in [2.75, 3.05) is 9.80 Å². The minimum Gasteiger partial charge on any atom is -0.311 e. The van der Waals surface area contributed by atoms with Gasteiger partial charge >= 0.3 is 0 Å². The van der Waals surface area contributed by atoms with Crippen molar-refractivity contribution in [1.29, 1.82) is 0 Å². The molecular formula is C58H63BN2S. The van der Waals surface area contributed by atoms with Crippen molar-refractivity contribution in [3.8, 4) is 11.1 Å². The molecule has 2 nitrogen and oxygen atoms in total. The highest BCUT2D eigenvalue weighted by atomic mass is 32.1. The van der Waals surface area contributed by atoms with Crippen molar-refractivity contribution in [3.05, 3.63) is 149 Å². The second-order valence-electron chi connectivity index (χ2n) is 23.0. The van der Waals surface area contributed by atoms with E-state index < -0.39 is 0 Å². The summed E-state index contributed by atoms with van der Waals surface area (Å²) in [5.74, 6) is 0. The van der Waals surface area contributed by atoms with Gasteiger partial charge in [0.15, 0.2) is 0 Å². The third-order valence-electron chi connectivity index (χ3n) is 14.6. The standard InChI is InChI=1S/C58H63BN2S/c1-54(2,3)37-23-26-40(27-24-37)60-48-32-39(56(7,8)9)33-49-51(48)59(53-52(60)41-21-17-18-22-50(41)62-53)45-34-43-44(58(12,13)30-29-57(43,10)11)35-47(45)61(49)46-28-25-38(55(4,5)6)31-42(46)36-19-15-14-16-20-36/h14-28,31-35H,29-30H2,1-13H3. The fourth-order valence-electron chi connectivity index (χ4n) is 10.6. The molecule has 0 saturated carbocycles. The largest absolute Gasteiger partial charge is 0.311 e. The molecule has 0 fully saturated rings. The topological polar surface area (TPSA) is 6.48 Å². The lowest BCUT2D eigenvalue weighted by Crippen LogP contribution is -2.61. The number of hydrogen-bond donors (Lipinski definition) is 0. The van der Waals surface area contributed by atoms with Crippen LogP contribution in [0.4, 0.5) is 34.1 Å². The second kappa shape index (κ2) is 13.7. The van der Waals surface area contributed by atoms with E-state index in [1.807, 2.05) is 11.3 Å². The molecule has 0 bridgehead atoms. The van der Waals surface area contributed by atoms with Crippen LogP contribution in [0.25, 0.3) is 21.2 Å². The summed E-state index contributed by atoms with van der Waals surface area (Å²) in [5.41, 5.74) is 20.1. The zero-order valence-electron chi connectivity index (χ0n) is 39.3. The van der Waals surface area contributed by atoms with Crippen molar-refractivity contribution in [1.82, 2.24) is 0 Å². The van der Waals surface area contributed by atoms with E-state index in [-0.39, 0.29) is 33.8 Å². The van der Waals surface area contributed by atoms with Gasteiger partial charge in [0.1, 0.15) is 0 Å². The molecule has 7 aromatic rings. The average Bonchev–Trinajstić information content (AvgIpc) is 3.60. The van der Waals surface area contributed by atoms with Crippen molar-refractivity contribution >= 4 is 78.0 Å². The molecule has 62 heavy (non-hydrogen) atoms. The average molecular weight is 831 g/mol. The first kappa shape index (κ1) is 41.0. The maximum Gasteiger partial charge on any atom is 0.264 e. The van der Waals surface area contributed by atoms with E-state index in [9.17, 15) is 0 Å². The van der Waals surface area contributed by atoms with Crippen LogP contribution < -0.4 is 25.5 Å². The minimum atomic E-state index is -0.105. The number of anilines is 6. The summed E-state index contributed by atoms with van der Waals surface area (Å²) in [6.07, 6.45) is 2.35. The van der Waals surface area contributed by atoms with Gasteiger partial charge in [-0.2, -0.15) is 0 Å². The Kier molecular flexibility index (Phi) is 9.07. The molecule has 6 aromatic carbocycles. The van der Waals surface area contributed by atoms with Gasteiger partial charge in [-0.1, -0.05) is 163 Å². The van der Waals surface area contributed by atoms with E-state index in [4.69, 9.17) is 0 Å². The zero-order chi connectivity index (χ0) is 43.9. The molecule has 0 saturated heterocycles. The quantitative estimate of drug-likeness (QED) is 0.164. The van der Waals surface area contributed by atoms with E-state index >= 15 is 0 Å². The van der Waals surface area contributed by atoms with Gasteiger partial charge in [-0.3, -0.25) is 0 Å². The molecule has 2 aliphatic heterocycles. The van der Waals surface area contributed by atoms with Crippen LogP contribution in [0.2, 0.25) is 0 Å². The minimum absolute atomic E-state index is 0.00637. The monoisotopic (exact) mass is 830 g/mol. The fourth-order valence-corrected chi connectivity index (χ4v) is 11.9. The van der Waals surface area contributed by atoms with Crippen LogP contribution in [0.5, 0.6) is 0 Å². The van der Waals surface area contributed by atoms with Crippen LogP contribution in [0.15, 0.2) is 121 Å². The Morgan fingerprint density at radius 2 is 1.08 bits per heavy atom. The molecule has 1 aromatic heterocycles. The first-order chi connectivity index (χ1) is 29.1. The molecule has 0 radical (unpaired) electrons. The lowest BCUT2D eigenvalue weighted by molar-refractivity contribution is 0.332. The Morgan fingerprint density at radius 1 is 0.516 bits per heavy atom. The highest BCUT2D eigenvalue weighted by Gasteiger charge is 2.48. The van der Waals surface area contributed by atoms with Gasteiger partial charge < -0.3 is 9.80 Å². The molecule has 10 rings (SSSR count). The Bertz CT molecular complexity index is 2910. The molecular weight excluding hydrogens is 768 g/mol. The third-order valence-corrected chi connectivity index (χ3v) is 15.8. The van der Waals surface area contributed by atoms with Crippen LogP contribution in [-0.4, -0.2) is 6.71 Å². The smallest absolute Gasteiger partial charge is 0.264 e. The summed E-state index contributed by atoms with van der Waals surface area (Å²) in [7, 11) is 0. The molecule has 314 valence electrons. The Morgan fingerprint density at radius 3 is 1.71 bits per heavy atom. The van der Waals surface area contributed by atoms with E-state index in [1.54, 1.807) is 0 Å². The van der Waals surface area contributed by atoms with Crippen LogP contribution in [-0.2, 0) is 27.1 Å². The van der Waals surface area contributed by atoms with Gasteiger partial charge in [0.25, 0.3) is 6.71 Å². The molecule has 0 amide bonds. The Hall–Kier alpha value is -5.06. The molecule has 3 aliphatic rings. The first-order valence-corrected chi connectivity index (χ1v) is 23.7. The summed E-state index contributed by atoms with van der Waals surface area (Å²) in [4.78, 5) is 5.34. The summed E-state index contributed by atoms with van der Waals surface area (Å²) in [6, 6.07) is 47.5. The van der Waals surface area contributed by atoms with Gasteiger partial charge in [0, 0.05) is 43.2 Å². The van der Waals surface area contributed by atoms with E-state index in [1.165, 1.54) is 112 Å². The molecule has 0 unspecified atom stereocenters. The predicted molar refractivity (Wildman–Crippen MR) is 273 cm³/mol. The normalized spacial score (nSPS) is 16.5. The third kappa shape index (κ3) is 6.41. The summed E-state index contributed by atoms with van der Waals surface area (Å²) in [5, 5.41) is 1.33. The van der Waals surface area contributed by atoms with Crippen molar-refractivity contribution in [3.63, 3.8) is 0 Å². The Labute approximate surface area is 376 Å². The molecule has 0 N–H and O–H groups in total. The maximum atomic E-state index is 2.70. The molecule has 0 atom stereocenters. The maximum absolute atomic E-state index is 2.70. The number of hydrogen-bond acceptors (Lipinski definition) is 3. The Balaban J connectivity index is 1.38. The van der Waals surface area contributed by atoms with Gasteiger partial charge in [-0.05, 0) is 133 Å². The van der Waals surface area contributed by atoms with Crippen molar-refractivity contribution in [2.45, 2.75) is 130 Å². The molecule has 4 heteroatoms. The van der Waals surface area contributed by atoms with Gasteiger partial charge in [0.05, 0.1) is 11.4 Å². The fraction of sp³-hybridized carbons (Fsp3) is 0.345. The van der Waals surface area contributed by atoms with Gasteiger partial charge in [-0.25, -0.2) is 0 Å². The summed E-state index contributed by atoms with van der Waals surface area (Å²) < 4.78 is 2.77. The summed E-state index contributed by atoms with van der Waals surface area (Å²) in [6.45, 7) is 31.1. The van der Waals surface area contributed by atoms with E-state index in [2.05, 4.69) is 221 Å². The number of benzene rings is 6. The SMILES string of the molecule is CC(C)(C)c1ccc(N2c3cc(C(C)(C)C)cc4c3B(c3cc5c(cc3N4c3ccc(C(C)(C)C)cc3-c3ccccc3)C(C)(C)CCC5(C)C)c3sc4ccccc4c32)cc1. The van der Waals surface area contributed by atoms with Crippen molar-refractivity contribution in [2.24, 2.45) is 0 Å². The molecule has 3 heterocycles. The van der Waals surface area contributed by atoms with Crippen LogP contribution in [0.3, 0.4) is 0 Å². The van der Waals surface area contributed by atoms with Crippen LogP contribution in [0.1, 0.15) is 131 Å². The molecule has 1 aliphatic carbocycles. The van der Waals surface area contributed by atoms with Gasteiger partial charge in [0.2, 0.25) is 0 Å².